The Labute approximate surface area is 174 Å². The average molecular weight is 412 g/mol. The molecule has 2 aromatic rings. The van der Waals surface area contributed by atoms with Crippen molar-refractivity contribution in [2.45, 2.75) is 30.8 Å². The summed E-state index contributed by atoms with van der Waals surface area (Å²) in [5, 5.41) is 22.0. The van der Waals surface area contributed by atoms with E-state index in [1.165, 1.54) is 12.2 Å². The Kier molecular flexibility index (Phi) is 6.99. The van der Waals surface area contributed by atoms with Crippen LogP contribution in [0.5, 0.6) is 0 Å². The molecule has 1 aliphatic rings. The van der Waals surface area contributed by atoms with Crippen molar-refractivity contribution in [3.8, 4) is 0 Å². The number of hydrogen-bond donors (Lipinski definition) is 2. The van der Waals surface area contributed by atoms with Crippen LogP contribution in [0.25, 0.3) is 0 Å². The number of aliphatic hydroxyl groups excluding tert-OH is 1. The minimum Gasteiger partial charge on any atom is -0.459 e. The van der Waals surface area contributed by atoms with Gasteiger partial charge in [-0.3, -0.25) is 0 Å². The number of esters is 2. The standard InChI is InChI=1S/C23H24O7/c1-2-28-19-14-13-18(30-22(26)17-11-7-4-8-12-17)20(24)23(19,27)15-29-21(25)16-9-5-3-6-10-16/h3-14,18-20,24,27H,2,15H2,1H3/t18-,19+,20-,23+/m0/s1. The molecule has 0 bridgehead atoms. The van der Waals surface area contributed by atoms with Crippen molar-refractivity contribution in [1.29, 1.82) is 0 Å². The van der Waals surface area contributed by atoms with Crippen LogP contribution in [0.3, 0.4) is 0 Å². The fourth-order valence-corrected chi connectivity index (χ4v) is 3.19. The first-order valence-electron chi connectivity index (χ1n) is 9.64. The average Bonchev–Trinajstić information content (AvgIpc) is 2.78. The molecular weight excluding hydrogens is 388 g/mol. The molecule has 2 aromatic carbocycles. The molecule has 0 saturated heterocycles. The van der Waals surface area contributed by atoms with Crippen molar-refractivity contribution >= 4 is 11.9 Å². The van der Waals surface area contributed by atoms with Crippen LogP contribution in [-0.2, 0) is 14.2 Å². The third kappa shape index (κ3) is 4.76. The Morgan fingerprint density at radius 1 is 0.933 bits per heavy atom. The summed E-state index contributed by atoms with van der Waals surface area (Å²) >= 11 is 0. The number of hydrogen-bond acceptors (Lipinski definition) is 7. The fourth-order valence-electron chi connectivity index (χ4n) is 3.19. The normalized spacial score (nSPS) is 25.5. The molecule has 0 fully saturated rings. The van der Waals surface area contributed by atoms with Gasteiger partial charge in [-0.2, -0.15) is 0 Å². The lowest BCUT2D eigenvalue weighted by Gasteiger charge is -2.42. The van der Waals surface area contributed by atoms with Crippen molar-refractivity contribution in [2.24, 2.45) is 0 Å². The zero-order chi connectivity index (χ0) is 21.6. The molecule has 0 aromatic heterocycles. The van der Waals surface area contributed by atoms with Crippen LogP contribution >= 0.6 is 0 Å². The first kappa shape index (κ1) is 21.7. The number of benzene rings is 2. The van der Waals surface area contributed by atoms with Crippen molar-refractivity contribution in [3.05, 3.63) is 83.9 Å². The number of rotatable bonds is 7. The van der Waals surface area contributed by atoms with Gasteiger partial charge >= 0.3 is 11.9 Å². The maximum Gasteiger partial charge on any atom is 0.338 e. The van der Waals surface area contributed by atoms with E-state index in [4.69, 9.17) is 14.2 Å². The first-order valence-corrected chi connectivity index (χ1v) is 9.64. The van der Waals surface area contributed by atoms with Gasteiger partial charge in [0.15, 0.2) is 5.60 Å². The molecule has 3 rings (SSSR count). The molecule has 0 aliphatic heterocycles. The van der Waals surface area contributed by atoms with Gasteiger partial charge in [-0.25, -0.2) is 9.59 Å². The highest BCUT2D eigenvalue weighted by Gasteiger charge is 2.51. The maximum absolute atomic E-state index is 12.4. The molecule has 30 heavy (non-hydrogen) atoms. The third-order valence-corrected chi connectivity index (χ3v) is 4.83. The third-order valence-electron chi connectivity index (χ3n) is 4.83. The number of ether oxygens (including phenoxy) is 3. The second kappa shape index (κ2) is 9.67. The van der Waals surface area contributed by atoms with E-state index in [-0.39, 0.29) is 6.61 Å². The lowest BCUT2D eigenvalue weighted by Crippen LogP contribution is -2.62. The molecule has 7 heteroatoms. The summed E-state index contributed by atoms with van der Waals surface area (Å²) in [5.74, 6) is -1.30. The van der Waals surface area contributed by atoms with E-state index in [0.717, 1.165) is 0 Å². The highest BCUT2D eigenvalue weighted by Crippen LogP contribution is 2.30. The summed E-state index contributed by atoms with van der Waals surface area (Å²) in [7, 11) is 0. The molecular formula is C23H24O7. The van der Waals surface area contributed by atoms with Gasteiger partial charge in [-0.1, -0.05) is 42.5 Å². The second-order valence-corrected chi connectivity index (χ2v) is 6.88. The summed E-state index contributed by atoms with van der Waals surface area (Å²) in [6.07, 6.45) is -0.715. The van der Waals surface area contributed by atoms with Crippen LogP contribution in [0.2, 0.25) is 0 Å². The Bertz CT molecular complexity index is 881. The van der Waals surface area contributed by atoms with Crippen molar-refractivity contribution < 1.29 is 34.0 Å². The number of carbonyl (C=O) groups is 2. The number of aliphatic hydroxyl groups is 2. The molecule has 0 unspecified atom stereocenters. The molecule has 7 nitrogen and oxygen atoms in total. The largest absolute Gasteiger partial charge is 0.459 e. The van der Waals surface area contributed by atoms with Gasteiger partial charge in [0.2, 0.25) is 0 Å². The molecule has 2 N–H and O–H groups in total. The lowest BCUT2D eigenvalue weighted by molar-refractivity contribution is -0.194. The van der Waals surface area contributed by atoms with Crippen LogP contribution in [0.15, 0.2) is 72.8 Å². The van der Waals surface area contributed by atoms with E-state index in [9.17, 15) is 19.8 Å². The van der Waals surface area contributed by atoms with Crippen LogP contribution < -0.4 is 0 Å². The summed E-state index contributed by atoms with van der Waals surface area (Å²) in [6, 6.07) is 16.6. The number of carbonyl (C=O) groups excluding carboxylic acids is 2. The highest BCUT2D eigenvalue weighted by atomic mass is 16.6. The lowest BCUT2D eigenvalue weighted by atomic mass is 9.82. The smallest absolute Gasteiger partial charge is 0.338 e. The predicted molar refractivity (Wildman–Crippen MR) is 108 cm³/mol. The summed E-state index contributed by atoms with van der Waals surface area (Å²) < 4.78 is 16.1. The van der Waals surface area contributed by atoms with E-state index in [0.29, 0.717) is 11.1 Å². The first-order chi connectivity index (χ1) is 14.5. The fraction of sp³-hybridized carbons (Fsp3) is 0.304. The molecule has 0 spiro atoms. The predicted octanol–water partition coefficient (Wildman–Crippen LogP) is 2.14. The van der Waals surface area contributed by atoms with Crippen molar-refractivity contribution in [2.75, 3.05) is 13.2 Å². The van der Waals surface area contributed by atoms with Crippen LogP contribution in [0, 0.1) is 0 Å². The minimum absolute atomic E-state index is 0.255. The van der Waals surface area contributed by atoms with E-state index in [2.05, 4.69) is 0 Å². The molecule has 4 atom stereocenters. The minimum atomic E-state index is -2.00. The van der Waals surface area contributed by atoms with Gasteiger partial charge in [0, 0.05) is 6.61 Å². The molecule has 0 saturated carbocycles. The van der Waals surface area contributed by atoms with Gasteiger partial charge in [-0.15, -0.1) is 0 Å². The van der Waals surface area contributed by atoms with E-state index < -0.39 is 42.5 Å². The van der Waals surface area contributed by atoms with Gasteiger partial charge in [0.05, 0.1) is 11.1 Å². The highest BCUT2D eigenvalue weighted by molar-refractivity contribution is 5.90. The van der Waals surface area contributed by atoms with Crippen LogP contribution in [0.1, 0.15) is 27.6 Å². The molecule has 0 amide bonds. The van der Waals surface area contributed by atoms with Crippen LogP contribution in [-0.4, -0.2) is 59.3 Å². The summed E-state index contributed by atoms with van der Waals surface area (Å²) in [6.45, 7) is 1.44. The summed E-state index contributed by atoms with van der Waals surface area (Å²) in [5.41, 5.74) is -1.39. The Balaban J connectivity index is 1.75. The van der Waals surface area contributed by atoms with Crippen LogP contribution in [0.4, 0.5) is 0 Å². The zero-order valence-corrected chi connectivity index (χ0v) is 16.5. The van der Waals surface area contributed by atoms with Crippen molar-refractivity contribution in [3.63, 3.8) is 0 Å². The maximum atomic E-state index is 12.4. The van der Waals surface area contributed by atoms with Gasteiger partial charge in [-0.05, 0) is 37.3 Å². The summed E-state index contributed by atoms with van der Waals surface area (Å²) in [4.78, 5) is 24.6. The monoisotopic (exact) mass is 412 g/mol. The van der Waals surface area contributed by atoms with Gasteiger partial charge < -0.3 is 24.4 Å². The van der Waals surface area contributed by atoms with Gasteiger partial charge in [0.25, 0.3) is 0 Å². The van der Waals surface area contributed by atoms with E-state index in [1.54, 1.807) is 67.6 Å². The molecule has 158 valence electrons. The van der Waals surface area contributed by atoms with E-state index >= 15 is 0 Å². The molecule has 0 heterocycles. The SMILES string of the molecule is CCO[C@@H]1C=C[C@H](OC(=O)c2ccccc2)[C@H](O)[C@@]1(O)COC(=O)c1ccccc1. The second-order valence-electron chi connectivity index (χ2n) is 6.88. The quantitative estimate of drug-likeness (QED) is 0.531. The topological polar surface area (TPSA) is 102 Å². The van der Waals surface area contributed by atoms with Gasteiger partial charge in [0.1, 0.15) is 24.9 Å². The molecule has 1 aliphatic carbocycles. The Morgan fingerprint density at radius 3 is 2.07 bits per heavy atom. The Morgan fingerprint density at radius 2 is 1.50 bits per heavy atom. The Hall–Kier alpha value is -3.00. The zero-order valence-electron chi connectivity index (χ0n) is 16.5. The van der Waals surface area contributed by atoms with E-state index in [1.807, 2.05) is 0 Å². The molecule has 0 radical (unpaired) electrons. The van der Waals surface area contributed by atoms with Crippen molar-refractivity contribution in [1.82, 2.24) is 0 Å².